The van der Waals surface area contributed by atoms with E-state index >= 15 is 0 Å². The summed E-state index contributed by atoms with van der Waals surface area (Å²) in [5.74, 6) is -0.167. The maximum Gasteiger partial charge on any atom is 0.244 e. The first-order valence-electron chi connectivity index (χ1n) is 10.2. The molecule has 2 aromatic carbocycles. The van der Waals surface area contributed by atoms with Crippen molar-refractivity contribution in [2.24, 2.45) is 0 Å². The van der Waals surface area contributed by atoms with Crippen LogP contribution in [0.15, 0.2) is 53.0 Å². The molecule has 0 unspecified atom stereocenters. The van der Waals surface area contributed by atoms with Crippen molar-refractivity contribution in [3.8, 4) is 0 Å². The van der Waals surface area contributed by atoms with Gasteiger partial charge in [0.05, 0.1) is 19.8 Å². The molecule has 0 spiro atoms. The number of anilines is 2. The lowest BCUT2D eigenvalue weighted by Gasteiger charge is -2.25. The molecule has 1 aromatic heterocycles. The first-order valence-corrected chi connectivity index (χ1v) is 11.0. The highest BCUT2D eigenvalue weighted by atomic mass is 79.9. The number of benzene rings is 2. The SMILES string of the molecule is Cc1c(Br)c2ccccc2n1CC(=O)Nc1ccc(NC(=O)CN2CCOCC2)cc1. The van der Waals surface area contributed by atoms with Crippen LogP contribution in [0.25, 0.3) is 10.9 Å². The summed E-state index contributed by atoms with van der Waals surface area (Å²) in [7, 11) is 0. The van der Waals surface area contributed by atoms with Crippen molar-refractivity contribution < 1.29 is 14.3 Å². The number of ether oxygens (including phenoxy) is 1. The lowest BCUT2D eigenvalue weighted by atomic mass is 10.2. The van der Waals surface area contributed by atoms with Crippen LogP contribution in [0.2, 0.25) is 0 Å². The van der Waals surface area contributed by atoms with E-state index in [1.54, 1.807) is 24.3 Å². The number of carbonyl (C=O) groups excluding carboxylic acids is 2. The molecule has 2 heterocycles. The van der Waals surface area contributed by atoms with Gasteiger partial charge in [-0.1, -0.05) is 18.2 Å². The molecule has 8 heteroatoms. The fourth-order valence-corrected chi connectivity index (χ4v) is 4.29. The number of rotatable bonds is 6. The summed E-state index contributed by atoms with van der Waals surface area (Å²) in [5, 5.41) is 6.91. The summed E-state index contributed by atoms with van der Waals surface area (Å²) in [6.07, 6.45) is 0. The van der Waals surface area contributed by atoms with Crippen molar-refractivity contribution in [1.82, 2.24) is 9.47 Å². The van der Waals surface area contributed by atoms with Gasteiger partial charge in [0.15, 0.2) is 0 Å². The molecule has 1 aliphatic rings. The number of halogens is 1. The van der Waals surface area contributed by atoms with Gasteiger partial charge in [0, 0.05) is 45.5 Å². The molecule has 0 atom stereocenters. The van der Waals surface area contributed by atoms with Gasteiger partial charge in [-0.3, -0.25) is 14.5 Å². The molecule has 4 rings (SSSR count). The topological polar surface area (TPSA) is 75.6 Å². The molecular formula is C23H25BrN4O3. The van der Waals surface area contributed by atoms with E-state index in [4.69, 9.17) is 4.74 Å². The Labute approximate surface area is 189 Å². The number of fused-ring (bicyclic) bond motifs is 1. The Hall–Kier alpha value is -2.68. The van der Waals surface area contributed by atoms with Gasteiger partial charge in [0.2, 0.25) is 11.8 Å². The third-order valence-corrected chi connectivity index (χ3v) is 6.38. The van der Waals surface area contributed by atoms with Gasteiger partial charge in [-0.15, -0.1) is 0 Å². The molecule has 0 bridgehead atoms. The van der Waals surface area contributed by atoms with Gasteiger partial charge in [0.1, 0.15) is 6.54 Å². The van der Waals surface area contributed by atoms with Gasteiger partial charge in [-0.05, 0) is 53.2 Å². The molecule has 0 aliphatic carbocycles. The number of para-hydroxylation sites is 1. The number of amides is 2. The minimum absolute atomic E-state index is 0.0563. The van der Waals surface area contributed by atoms with Crippen molar-refractivity contribution in [3.63, 3.8) is 0 Å². The number of carbonyl (C=O) groups is 2. The molecule has 3 aromatic rings. The van der Waals surface area contributed by atoms with Gasteiger partial charge in [-0.25, -0.2) is 0 Å². The lowest BCUT2D eigenvalue weighted by Crippen LogP contribution is -2.41. The van der Waals surface area contributed by atoms with Gasteiger partial charge in [0.25, 0.3) is 0 Å². The van der Waals surface area contributed by atoms with E-state index in [1.165, 1.54) is 0 Å². The number of hydrogen-bond acceptors (Lipinski definition) is 4. The molecule has 31 heavy (non-hydrogen) atoms. The zero-order valence-electron chi connectivity index (χ0n) is 17.4. The predicted octanol–water partition coefficient (Wildman–Crippen LogP) is 3.62. The van der Waals surface area contributed by atoms with Crippen LogP contribution in [-0.2, 0) is 20.9 Å². The van der Waals surface area contributed by atoms with Crippen LogP contribution in [0.1, 0.15) is 5.69 Å². The molecule has 162 valence electrons. The van der Waals surface area contributed by atoms with Crippen molar-refractivity contribution in [3.05, 3.63) is 58.7 Å². The first kappa shape index (κ1) is 21.5. The van der Waals surface area contributed by atoms with Crippen molar-refractivity contribution in [2.45, 2.75) is 13.5 Å². The standard InChI is InChI=1S/C23H25BrN4O3/c1-16-23(24)19-4-2-3-5-20(19)28(16)15-22(30)26-18-8-6-17(7-9-18)25-21(29)14-27-10-12-31-13-11-27/h2-9H,10-15H2,1H3,(H,25,29)(H,26,30). The summed E-state index contributed by atoms with van der Waals surface area (Å²) in [4.78, 5) is 26.9. The fourth-order valence-electron chi connectivity index (χ4n) is 3.74. The number of hydrogen-bond donors (Lipinski definition) is 2. The summed E-state index contributed by atoms with van der Waals surface area (Å²) < 4.78 is 8.30. The Balaban J connectivity index is 1.34. The summed E-state index contributed by atoms with van der Waals surface area (Å²) in [5.41, 5.74) is 3.41. The average molecular weight is 485 g/mol. The normalized spacial score (nSPS) is 14.5. The Morgan fingerprint density at radius 3 is 2.16 bits per heavy atom. The van der Waals surface area contributed by atoms with E-state index in [0.29, 0.717) is 31.1 Å². The van der Waals surface area contributed by atoms with Crippen molar-refractivity contribution in [1.29, 1.82) is 0 Å². The monoisotopic (exact) mass is 484 g/mol. The van der Waals surface area contributed by atoms with E-state index in [2.05, 4.69) is 31.5 Å². The van der Waals surface area contributed by atoms with Gasteiger partial charge < -0.3 is 19.9 Å². The average Bonchev–Trinajstić information content (AvgIpc) is 3.01. The molecular weight excluding hydrogens is 460 g/mol. The molecule has 1 saturated heterocycles. The molecule has 1 fully saturated rings. The highest BCUT2D eigenvalue weighted by Gasteiger charge is 2.15. The molecule has 7 nitrogen and oxygen atoms in total. The Bertz CT molecular complexity index is 1090. The highest BCUT2D eigenvalue weighted by Crippen LogP contribution is 2.30. The second-order valence-electron chi connectivity index (χ2n) is 7.56. The van der Waals surface area contributed by atoms with Crippen LogP contribution in [0.3, 0.4) is 0 Å². The third kappa shape index (κ3) is 5.15. The lowest BCUT2D eigenvalue weighted by molar-refractivity contribution is -0.118. The predicted molar refractivity (Wildman–Crippen MR) is 125 cm³/mol. The zero-order chi connectivity index (χ0) is 21.8. The second-order valence-corrected chi connectivity index (χ2v) is 8.36. The van der Waals surface area contributed by atoms with Gasteiger partial charge >= 0.3 is 0 Å². The van der Waals surface area contributed by atoms with Crippen LogP contribution >= 0.6 is 15.9 Å². The van der Waals surface area contributed by atoms with E-state index in [9.17, 15) is 9.59 Å². The number of aromatic nitrogens is 1. The number of nitrogens with one attached hydrogen (secondary N) is 2. The number of nitrogens with zero attached hydrogens (tertiary/aromatic N) is 2. The third-order valence-electron chi connectivity index (χ3n) is 5.38. The Morgan fingerprint density at radius 1 is 0.935 bits per heavy atom. The maximum absolute atomic E-state index is 12.6. The Morgan fingerprint density at radius 2 is 1.52 bits per heavy atom. The van der Waals surface area contributed by atoms with E-state index in [-0.39, 0.29) is 18.4 Å². The minimum Gasteiger partial charge on any atom is -0.379 e. The zero-order valence-corrected chi connectivity index (χ0v) is 18.9. The van der Waals surface area contributed by atoms with E-state index in [0.717, 1.165) is 34.2 Å². The molecule has 0 saturated carbocycles. The molecule has 1 aliphatic heterocycles. The molecule has 2 amide bonds. The van der Waals surface area contributed by atoms with Crippen molar-refractivity contribution >= 4 is 50.0 Å². The number of morpholine rings is 1. The first-order chi connectivity index (χ1) is 15.0. The fraction of sp³-hybridized carbons (Fsp3) is 0.304. The van der Waals surface area contributed by atoms with E-state index in [1.807, 2.05) is 35.8 Å². The minimum atomic E-state index is -0.111. The quantitative estimate of drug-likeness (QED) is 0.560. The summed E-state index contributed by atoms with van der Waals surface area (Å²) >= 11 is 3.62. The molecule has 0 radical (unpaired) electrons. The largest absolute Gasteiger partial charge is 0.379 e. The Kier molecular flexibility index (Phi) is 6.70. The van der Waals surface area contributed by atoms with Crippen LogP contribution in [-0.4, -0.2) is 54.1 Å². The van der Waals surface area contributed by atoms with Crippen LogP contribution < -0.4 is 10.6 Å². The maximum atomic E-state index is 12.6. The smallest absolute Gasteiger partial charge is 0.244 e. The molecule has 2 N–H and O–H groups in total. The van der Waals surface area contributed by atoms with Crippen LogP contribution in [0.4, 0.5) is 11.4 Å². The van der Waals surface area contributed by atoms with E-state index < -0.39 is 0 Å². The van der Waals surface area contributed by atoms with Crippen LogP contribution in [0.5, 0.6) is 0 Å². The summed E-state index contributed by atoms with van der Waals surface area (Å²) in [6, 6.07) is 15.2. The summed E-state index contributed by atoms with van der Waals surface area (Å²) in [6.45, 7) is 5.42. The van der Waals surface area contributed by atoms with Crippen LogP contribution in [0, 0.1) is 6.92 Å². The van der Waals surface area contributed by atoms with Crippen molar-refractivity contribution in [2.75, 3.05) is 43.5 Å². The highest BCUT2D eigenvalue weighted by molar-refractivity contribution is 9.10. The second kappa shape index (κ2) is 9.64. The van der Waals surface area contributed by atoms with Gasteiger partial charge in [-0.2, -0.15) is 0 Å².